The van der Waals surface area contributed by atoms with Crippen LogP contribution in [0.25, 0.3) is 0 Å². The first-order valence-corrected chi connectivity index (χ1v) is 6.39. The number of rotatable bonds is 8. The molecule has 106 valence electrons. The minimum Gasteiger partial charge on any atom is -0.399 e. The van der Waals surface area contributed by atoms with E-state index in [2.05, 4.69) is 5.32 Å². The van der Waals surface area contributed by atoms with Crippen LogP contribution in [0.1, 0.15) is 18.4 Å². The van der Waals surface area contributed by atoms with Crippen LogP contribution in [-0.4, -0.2) is 37.4 Å². The highest BCUT2D eigenvalue weighted by atomic mass is 16.5. The van der Waals surface area contributed by atoms with E-state index in [9.17, 15) is 4.79 Å². The monoisotopic (exact) mass is 266 g/mol. The number of methoxy groups -OCH3 is 1. The summed E-state index contributed by atoms with van der Waals surface area (Å²) in [4.78, 5) is 11.8. The minimum atomic E-state index is -0.136. The van der Waals surface area contributed by atoms with E-state index < -0.39 is 0 Å². The number of nitrogens with one attached hydrogen (secondary N) is 1. The zero-order chi connectivity index (χ0) is 14.1. The summed E-state index contributed by atoms with van der Waals surface area (Å²) < 4.78 is 4.99. The van der Waals surface area contributed by atoms with Crippen LogP contribution in [0.15, 0.2) is 24.3 Å². The summed E-state index contributed by atoms with van der Waals surface area (Å²) in [5.41, 5.74) is 7.43. The van der Waals surface area contributed by atoms with Gasteiger partial charge in [-0.2, -0.15) is 0 Å². The molecule has 0 heterocycles. The Labute approximate surface area is 113 Å². The quantitative estimate of drug-likeness (QED) is 0.605. The van der Waals surface area contributed by atoms with E-state index in [-0.39, 0.29) is 18.6 Å². The van der Waals surface area contributed by atoms with Crippen LogP contribution in [0.2, 0.25) is 0 Å². The van der Waals surface area contributed by atoms with Crippen LogP contribution in [0, 0.1) is 0 Å². The van der Waals surface area contributed by atoms with E-state index in [4.69, 9.17) is 15.6 Å². The second-order valence-corrected chi connectivity index (χ2v) is 4.48. The van der Waals surface area contributed by atoms with Gasteiger partial charge < -0.3 is 20.9 Å². The number of benzene rings is 1. The van der Waals surface area contributed by atoms with E-state index in [0.717, 1.165) is 5.56 Å². The number of anilines is 1. The van der Waals surface area contributed by atoms with Gasteiger partial charge >= 0.3 is 0 Å². The summed E-state index contributed by atoms with van der Waals surface area (Å²) in [6, 6.07) is 7.38. The van der Waals surface area contributed by atoms with Crippen molar-refractivity contribution in [1.29, 1.82) is 0 Å². The van der Waals surface area contributed by atoms with Crippen molar-refractivity contribution in [3.63, 3.8) is 0 Å². The van der Waals surface area contributed by atoms with Gasteiger partial charge in [0.1, 0.15) is 0 Å². The molecule has 0 bridgehead atoms. The number of carbonyl (C=O) groups excluding carboxylic acids is 1. The molecular weight excluding hydrogens is 244 g/mol. The Bertz CT molecular complexity index is 390. The molecule has 4 N–H and O–H groups in total. The molecule has 0 aliphatic carbocycles. The molecule has 0 saturated heterocycles. The van der Waals surface area contributed by atoms with Crippen LogP contribution in [0.3, 0.4) is 0 Å². The molecule has 0 saturated carbocycles. The van der Waals surface area contributed by atoms with Crippen LogP contribution in [0.5, 0.6) is 0 Å². The van der Waals surface area contributed by atoms with Crippen LogP contribution in [0.4, 0.5) is 5.69 Å². The Morgan fingerprint density at radius 1 is 1.53 bits per heavy atom. The van der Waals surface area contributed by atoms with Gasteiger partial charge in [0.15, 0.2) is 0 Å². The number of aliphatic hydroxyl groups excluding tert-OH is 1. The van der Waals surface area contributed by atoms with Crippen molar-refractivity contribution < 1.29 is 14.6 Å². The fourth-order valence-corrected chi connectivity index (χ4v) is 1.86. The van der Waals surface area contributed by atoms with Crippen LogP contribution < -0.4 is 11.1 Å². The number of nitrogens with two attached hydrogens (primary N) is 1. The summed E-state index contributed by atoms with van der Waals surface area (Å²) in [7, 11) is 1.57. The maximum Gasteiger partial charge on any atom is 0.220 e. The van der Waals surface area contributed by atoms with E-state index in [1.807, 2.05) is 24.3 Å². The number of nitrogen functional groups attached to an aromatic ring is 1. The van der Waals surface area contributed by atoms with Gasteiger partial charge in [0, 0.05) is 25.8 Å². The molecule has 1 rings (SSSR count). The average molecular weight is 266 g/mol. The number of hydrogen-bond acceptors (Lipinski definition) is 4. The second kappa shape index (κ2) is 8.50. The normalized spacial score (nSPS) is 12.1. The van der Waals surface area contributed by atoms with Gasteiger partial charge in [0.2, 0.25) is 5.91 Å². The van der Waals surface area contributed by atoms with Gasteiger partial charge in [-0.15, -0.1) is 0 Å². The number of aryl methyl sites for hydroxylation is 1. The second-order valence-electron chi connectivity index (χ2n) is 4.48. The Kier molecular flexibility index (Phi) is 6.92. The molecule has 0 aromatic heterocycles. The van der Waals surface area contributed by atoms with Crippen LogP contribution in [-0.2, 0) is 16.0 Å². The van der Waals surface area contributed by atoms with Crippen molar-refractivity contribution in [2.45, 2.75) is 25.3 Å². The highest BCUT2D eigenvalue weighted by Gasteiger charge is 2.11. The number of aliphatic hydroxyl groups is 1. The molecule has 0 aliphatic rings. The third kappa shape index (κ3) is 6.22. The van der Waals surface area contributed by atoms with Gasteiger partial charge in [-0.1, -0.05) is 12.1 Å². The first-order valence-electron chi connectivity index (χ1n) is 6.39. The third-order valence-corrected chi connectivity index (χ3v) is 2.80. The van der Waals surface area contributed by atoms with Crippen LogP contribution >= 0.6 is 0 Å². The zero-order valence-electron chi connectivity index (χ0n) is 11.3. The Morgan fingerprint density at radius 3 is 2.95 bits per heavy atom. The Balaban J connectivity index is 2.37. The van der Waals surface area contributed by atoms with Gasteiger partial charge in [0.25, 0.3) is 0 Å². The minimum absolute atomic E-state index is 0.0313. The highest BCUT2D eigenvalue weighted by Crippen LogP contribution is 2.08. The van der Waals surface area contributed by atoms with Gasteiger partial charge in [0.05, 0.1) is 12.6 Å². The summed E-state index contributed by atoms with van der Waals surface area (Å²) in [5.74, 6) is -0.0436. The molecule has 1 aromatic rings. The van der Waals surface area contributed by atoms with Gasteiger partial charge in [-0.25, -0.2) is 0 Å². The maximum atomic E-state index is 11.8. The smallest absolute Gasteiger partial charge is 0.220 e. The number of amides is 1. The molecule has 0 aliphatic heterocycles. The molecule has 1 unspecified atom stereocenters. The topological polar surface area (TPSA) is 84.6 Å². The SMILES string of the molecule is COCC(CCO)NC(=O)CCc1cccc(N)c1. The molecular formula is C14H22N2O3. The standard InChI is InChI=1S/C14H22N2O3/c1-19-10-13(7-8-17)16-14(18)6-5-11-3-2-4-12(15)9-11/h2-4,9,13,17H,5-8,10,15H2,1H3,(H,16,18). The average Bonchev–Trinajstić information content (AvgIpc) is 2.37. The predicted octanol–water partition coefficient (Wildman–Crippen LogP) is 0.715. The molecule has 1 atom stereocenters. The van der Waals surface area contributed by atoms with Crippen molar-refractivity contribution in [1.82, 2.24) is 5.32 Å². The Morgan fingerprint density at radius 2 is 2.32 bits per heavy atom. The molecule has 1 aromatic carbocycles. The lowest BCUT2D eigenvalue weighted by atomic mass is 10.1. The van der Waals surface area contributed by atoms with E-state index in [0.29, 0.717) is 31.6 Å². The first kappa shape index (κ1) is 15.5. The number of ether oxygens (including phenoxy) is 1. The summed E-state index contributed by atoms with van der Waals surface area (Å²) in [5, 5.41) is 11.7. The lowest BCUT2D eigenvalue weighted by molar-refractivity contribution is -0.122. The molecule has 5 nitrogen and oxygen atoms in total. The third-order valence-electron chi connectivity index (χ3n) is 2.80. The van der Waals surface area contributed by atoms with Crippen molar-refractivity contribution in [2.75, 3.05) is 26.1 Å². The first-order chi connectivity index (χ1) is 9.15. The van der Waals surface area contributed by atoms with Crippen molar-refractivity contribution in [3.8, 4) is 0 Å². The van der Waals surface area contributed by atoms with E-state index in [1.165, 1.54) is 0 Å². The van der Waals surface area contributed by atoms with Gasteiger partial charge in [-0.05, 0) is 30.5 Å². The zero-order valence-corrected chi connectivity index (χ0v) is 11.3. The Hall–Kier alpha value is -1.59. The van der Waals surface area contributed by atoms with Crippen molar-refractivity contribution >= 4 is 11.6 Å². The fraction of sp³-hybridized carbons (Fsp3) is 0.500. The largest absolute Gasteiger partial charge is 0.399 e. The van der Waals surface area contributed by atoms with E-state index in [1.54, 1.807) is 7.11 Å². The summed E-state index contributed by atoms with van der Waals surface area (Å²) >= 11 is 0. The highest BCUT2D eigenvalue weighted by molar-refractivity contribution is 5.76. The lowest BCUT2D eigenvalue weighted by Crippen LogP contribution is -2.38. The van der Waals surface area contributed by atoms with Gasteiger partial charge in [-0.3, -0.25) is 4.79 Å². The maximum absolute atomic E-state index is 11.8. The number of carbonyl (C=O) groups is 1. The molecule has 5 heteroatoms. The number of hydrogen-bond donors (Lipinski definition) is 3. The van der Waals surface area contributed by atoms with E-state index >= 15 is 0 Å². The molecule has 0 spiro atoms. The molecule has 0 fully saturated rings. The molecule has 1 amide bonds. The fourth-order valence-electron chi connectivity index (χ4n) is 1.86. The van der Waals surface area contributed by atoms with Crippen molar-refractivity contribution in [3.05, 3.63) is 29.8 Å². The summed E-state index contributed by atoms with van der Waals surface area (Å²) in [6.45, 7) is 0.439. The predicted molar refractivity (Wildman–Crippen MR) is 74.7 cm³/mol. The molecule has 0 radical (unpaired) electrons. The molecule has 19 heavy (non-hydrogen) atoms. The van der Waals surface area contributed by atoms with Crippen molar-refractivity contribution in [2.24, 2.45) is 0 Å². The lowest BCUT2D eigenvalue weighted by Gasteiger charge is -2.16. The summed E-state index contributed by atoms with van der Waals surface area (Å²) in [6.07, 6.45) is 1.54.